The topological polar surface area (TPSA) is 50.2 Å². The second-order valence-electron chi connectivity index (χ2n) is 6.86. The van der Waals surface area contributed by atoms with E-state index in [4.69, 9.17) is 0 Å². The predicted octanol–water partition coefficient (Wildman–Crippen LogP) is 1.90. The first-order chi connectivity index (χ1) is 11.3. The van der Waals surface area contributed by atoms with Crippen LogP contribution in [0.5, 0.6) is 0 Å². The summed E-state index contributed by atoms with van der Waals surface area (Å²) in [6, 6.07) is 0.0757. The van der Waals surface area contributed by atoms with E-state index in [9.17, 15) is 18.0 Å². The Balaban J connectivity index is 1.47. The number of likely N-dealkylation sites (tertiary alicyclic amines) is 1. The summed E-state index contributed by atoms with van der Waals surface area (Å²) in [6.45, 7) is 2.44. The number of nitrogens with one attached hydrogen (secondary N) is 1. The lowest BCUT2D eigenvalue weighted by Crippen LogP contribution is -2.47. The maximum Gasteiger partial charge on any atom is 0.401 e. The molecular weight excluding hydrogens is 321 g/mol. The number of amides is 1. The minimum absolute atomic E-state index is 0.0213. The Kier molecular flexibility index (Phi) is 4.85. The third kappa shape index (κ3) is 4.28. The van der Waals surface area contributed by atoms with Crippen LogP contribution in [-0.4, -0.2) is 52.2 Å². The maximum atomic E-state index is 12.4. The van der Waals surface area contributed by atoms with Gasteiger partial charge in [0.15, 0.2) is 0 Å². The first-order valence-electron chi connectivity index (χ1n) is 8.42. The highest BCUT2D eigenvalue weighted by Crippen LogP contribution is 2.23. The number of carbonyl (C=O) groups excluding carboxylic acids is 1. The number of imidazole rings is 1. The Morgan fingerprint density at radius 2 is 2.04 bits per heavy atom. The Morgan fingerprint density at radius 1 is 1.33 bits per heavy atom. The zero-order valence-corrected chi connectivity index (χ0v) is 13.8. The number of aromatic nitrogens is 2. The van der Waals surface area contributed by atoms with Crippen molar-refractivity contribution in [3.05, 3.63) is 17.7 Å². The molecule has 1 fully saturated rings. The average Bonchev–Trinajstić information content (AvgIpc) is 2.85. The van der Waals surface area contributed by atoms with Crippen molar-refractivity contribution in [2.45, 2.75) is 51.4 Å². The van der Waals surface area contributed by atoms with Crippen LogP contribution in [0.4, 0.5) is 13.2 Å². The van der Waals surface area contributed by atoms with Crippen molar-refractivity contribution in [3.63, 3.8) is 0 Å². The Bertz CT molecular complexity index is 591. The second kappa shape index (κ2) is 6.74. The van der Waals surface area contributed by atoms with Gasteiger partial charge in [-0.15, -0.1) is 0 Å². The SMILES string of the molecule is Cc1cn2c(n1)CC[C@@H](NC(=O)C1CCN(CC(F)(F)F)CC1)C2. The van der Waals surface area contributed by atoms with Crippen molar-refractivity contribution in [2.75, 3.05) is 19.6 Å². The van der Waals surface area contributed by atoms with Gasteiger partial charge in [-0.25, -0.2) is 4.98 Å². The van der Waals surface area contributed by atoms with E-state index in [0.717, 1.165) is 30.9 Å². The molecule has 1 amide bonds. The van der Waals surface area contributed by atoms with Gasteiger partial charge < -0.3 is 9.88 Å². The Hall–Kier alpha value is -1.57. The Labute approximate surface area is 139 Å². The van der Waals surface area contributed by atoms with Crippen LogP contribution in [0.3, 0.4) is 0 Å². The monoisotopic (exact) mass is 344 g/mol. The molecule has 8 heteroatoms. The molecule has 24 heavy (non-hydrogen) atoms. The first-order valence-corrected chi connectivity index (χ1v) is 8.42. The van der Waals surface area contributed by atoms with Gasteiger partial charge in [0.05, 0.1) is 12.2 Å². The van der Waals surface area contributed by atoms with Gasteiger partial charge in [0.1, 0.15) is 5.82 Å². The van der Waals surface area contributed by atoms with E-state index in [1.165, 1.54) is 4.90 Å². The zero-order chi connectivity index (χ0) is 17.3. The van der Waals surface area contributed by atoms with Crippen LogP contribution in [0.25, 0.3) is 0 Å². The van der Waals surface area contributed by atoms with E-state index in [0.29, 0.717) is 25.9 Å². The molecule has 0 radical (unpaired) electrons. The largest absolute Gasteiger partial charge is 0.401 e. The van der Waals surface area contributed by atoms with Crippen molar-refractivity contribution >= 4 is 5.91 Å². The van der Waals surface area contributed by atoms with Gasteiger partial charge in [0.25, 0.3) is 0 Å². The van der Waals surface area contributed by atoms with Gasteiger partial charge >= 0.3 is 6.18 Å². The van der Waals surface area contributed by atoms with Gasteiger partial charge in [-0.05, 0) is 39.3 Å². The van der Waals surface area contributed by atoms with Gasteiger partial charge in [-0.1, -0.05) is 0 Å². The molecule has 2 aliphatic heterocycles. The zero-order valence-electron chi connectivity index (χ0n) is 13.8. The first kappa shape index (κ1) is 17.3. The molecule has 0 spiro atoms. The van der Waals surface area contributed by atoms with Crippen LogP contribution in [0.1, 0.15) is 30.8 Å². The maximum absolute atomic E-state index is 12.4. The molecule has 1 aromatic heterocycles. The molecule has 2 aliphatic rings. The van der Waals surface area contributed by atoms with Crippen LogP contribution >= 0.6 is 0 Å². The van der Waals surface area contributed by atoms with E-state index in [2.05, 4.69) is 14.9 Å². The molecular formula is C16H23F3N4O. The van der Waals surface area contributed by atoms with Gasteiger partial charge in [0, 0.05) is 31.1 Å². The van der Waals surface area contributed by atoms with Crippen LogP contribution < -0.4 is 5.32 Å². The number of fused-ring (bicyclic) bond motifs is 1. The number of nitrogens with zero attached hydrogens (tertiary/aromatic N) is 3. The summed E-state index contributed by atoms with van der Waals surface area (Å²) < 4.78 is 39.3. The summed E-state index contributed by atoms with van der Waals surface area (Å²) in [7, 11) is 0. The van der Waals surface area contributed by atoms with Crippen LogP contribution in [0, 0.1) is 12.8 Å². The number of piperidine rings is 1. The van der Waals surface area contributed by atoms with Crippen LogP contribution in [-0.2, 0) is 17.8 Å². The molecule has 0 aromatic carbocycles. The molecule has 0 bridgehead atoms. The summed E-state index contributed by atoms with van der Waals surface area (Å²) in [5, 5.41) is 3.07. The highest BCUT2D eigenvalue weighted by molar-refractivity contribution is 5.79. The lowest BCUT2D eigenvalue weighted by molar-refractivity contribution is -0.149. The summed E-state index contributed by atoms with van der Waals surface area (Å²) in [6.07, 6.45) is 0.493. The van der Waals surface area contributed by atoms with Gasteiger partial charge in [0.2, 0.25) is 5.91 Å². The lowest BCUT2D eigenvalue weighted by atomic mass is 9.95. The van der Waals surface area contributed by atoms with Crippen molar-refractivity contribution in [3.8, 4) is 0 Å². The number of hydrogen-bond donors (Lipinski definition) is 1. The highest BCUT2D eigenvalue weighted by Gasteiger charge is 2.34. The van der Waals surface area contributed by atoms with E-state index in [1.807, 2.05) is 13.1 Å². The number of halogens is 3. The summed E-state index contributed by atoms with van der Waals surface area (Å²) in [4.78, 5) is 18.2. The third-order valence-electron chi connectivity index (χ3n) is 4.82. The number of rotatable bonds is 3. The molecule has 1 N–H and O–H groups in total. The normalized spacial score (nSPS) is 23.1. The summed E-state index contributed by atoms with van der Waals surface area (Å²) >= 11 is 0. The van der Waals surface area contributed by atoms with E-state index in [-0.39, 0.29) is 17.9 Å². The molecule has 3 heterocycles. The molecule has 1 atom stereocenters. The van der Waals surface area contributed by atoms with Crippen LogP contribution in [0.15, 0.2) is 6.20 Å². The third-order valence-corrected chi connectivity index (χ3v) is 4.82. The number of aryl methyl sites for hydroxylation is 2. The molecule has 0 aliphatic carbocycles. The summed E-state index contributed by atoms with van der Waals surface area (Å²) in [5.41, 5.74) is 0.981. The molecule has 5 nitrogen and oxygen atoms in total. The minimum Gasteiger partial charge on any atom is -0.351 e. The quantitative estimate of drug-likeness (QED) is 0.911. The molecule has 1 aromatic rings. The molecule has 3 rings (SSSR count). The molecule has 0 saturated carbocycles. The van der Waals surface area contributed by atoms with Gasteiger partial charge in [-0.3, -0.25) is 9.69 Å². The van der Waals surface area contributed by atoms with Crippen molar-refractivity contribution < 1.29 is 18.0 Å². The van der Waals surface area contributed by atoms with Crippen molar-refractivity contribution in [1.29, 1.82) is 0 Å². The van der Waals surface area contributed by atoms with Crippen molar-refractivity contribution in [1.82, 2.24) is 19.8 Å². The fraction of sp³-hybridized carbons (Fsp3) is 0.750. The van der Waals surface area contributed by atoms with E-state index < -0.39 is 12.7 Å². The van der Waals surface area contributed by atoms with E-state index >= 15 is 0 Å². The fourth-order valence-corrected chi connectivity index (χ4v) is 3.63. The molecule has 134 valence electrons. The van der Waals surface area contributed by atoms with Crippen molar-refractivity contribution in [2.24, 2.45) is 5.92 Å². The van der Waals surface area contributed by atoms with E-state index in [1.54, 1.807) is 0 Å². The standard InChI is InChI=1S/C16H23F3N4O/c1-11-8-23-9-13(2-3-14(23)20-11)21-15(24)12-4-6-22(7-5-12)10-16(17,18)19/h8,12-13H,2-7,9-10H2,1H3,(H,21,24)/t13-/m1/s1. The number of hydrogen-bond acceptors (Lipinski definition) is 3. The number of carbonyl (C=O) groups is 1. The van der Waals surface area contributed by atoms with Gasteiger partial charge in [-0.2, -0.15) is 13.2 Å². The predicted molar refractivity (Wildman–Crippen MR) is 82.4 cm³/mol. The Morgan fingerprint density at radius 3 is 2.71 bits per heavy atom. The smallest absolute Gasteiger partial charge is 0.351 e. The minimum atomic E-state index is -4.17. The number of alkyl halides is 3. The highest BCUT2D eigenvalue weighted by atomic mass is 19.4. The van der Waals surface area contributed by atoms with Crippen LogP contribution in [0.2, 0.25) is 0 Å². The second-order valence-corrected chi connectivity index (χ2v) is 6.86. The average molecular weight is 344 g/mol. The fourth-order valence-electron chi connectivity index (χ4n) is 3.63. The lowest BCUT2D eigenvalue weighted by Gasteiger charge is -2.33. The molecule has 0 unspecified atom stereocenters. The molecule has 1 saturated heterocycles. The summed E-state index contributed by atoms with van der Waals surface area (Å²) in [5.74, 6) is 0.853.